The van der Waals surface area contributed by atoms with Gasteiger partial charge in [0, 0.05) is 12.7 Å². The summed E-state index contributed by atoms with van der Waals surface area (Å²) in [4.78, 5) is 19.8. The number of unbranched alkanes of at least 4 members (excludes halogenated alkanes) is 1. The molecule has 0 aliphatic heterocycles. The zero-order valence-corrected chi connectivity index (χ0v) is 11.8. The van der Waals surface area contributed by atoms with Crippen LogP contribution in [-0.2, 0) is 4.74 Å². The van der Waals surface area contributed by atoms with Crippen LogP contribution in [0.15, 0.2) is 6.20 Å². The van der Waals surface area contributed by atoms with Gasteiger partial charge in [-0.3, -0.25) is 0 Å². The largest absolute Gasteiger partial charge is 0.465 e. The number of hydrogen-bond donors (Lipinski definition) is 1. The summed E-state index contributed by atoms with van der Waals surface area (Å²) < 4.78 is 4.70. The number of carbonyl (C=O) groups excluding carboxylic acids is 1. The van der Waals surface area contributed by atoms with Crippen molar-refractivity contribution < 1.29 is 9.53 Å². The van der Waals surface area contributed by atoms with Crippen LogP contribution >= 0.6 is 11.8 Å². The van der Waals surface area contributed by atoms with Crippen LogP contribution in [0, 0.1) is 6.92 Å². The van der Waals surface area contributed by atoms with Gasteiger partial charge in [-0.05, 0) is 31.8 Å². The van der Waals surface area contributed by atoms with Gasteiger partial charge in [0.05, 0.1) is 7.11 Å². The van der Waals surface area contributed by atoms with E-state index in [1.807, 2.05) is 11.8 Å². The third kappa shape index (κ3) is 4.52. The fourth-order valence-electron chi connectivity index (χ4n) is 1.44. The Morgan fingerprint density at radius 1 is 1.50 bits per heavy atom. The van der Waals surface area contributed by atoms with Crippen molar-refractivity contribution in [3.63, 3.8) is 0 Å². The van der Waals surface area contributed by atoms with E-state index in [-0.39, 0.29) is 0 Å². The minimum atomic E-state index is -0.415. The van der Waals surface area contributed by atoms with E-state index >= 15 is 0 Å². The van der Waals surface area contributed by atoms with Gasteiger partial charge in [-0.25, -0.2) is 14.8 Å². The topological polar surface area (TPSA) is 64.1 Å². The second-order valence-electron chi connectivity index (χ2n) is 3.80. The highest BCUT2D eigenvalue weighted by Gasteiger charge is 2.13. The van der Waals surface area contributed by atoms with Gasteiger partial charge in [-0.2, -0.15) is 11.8 Å². The minimum absolute atomic E-state index is 0.382. The molecular weight excluding hydrogens is 250 g/mol. The van der Waals surface area contributed by atoms with Gasteiger partial charge < -0.3 is 10.1 Å². The predicted molar refractivity (Wildman–Crippen MR) is 74.2 cm³/mol. The average molecular weight is 269 g/mol. The van der Waals surface area contributed by atoms with E-state index in [2.05, 4.69) is 21.5 Å². The Kier molecular flexibility index (Phi) is 6.49. The summed E-state index contributed by atoms with van der Waals surface area (Å²) in [6, 6.07) is 0. The first kappa shape index (κ1) is 14.8. The SMILES string of the molecule is COC(=O)c1cnc(C)nc1NCCCCSC. The van der Waals surface area contributed by atoms with E-state index in [0.717, 1.165) is 25.1 Å². The van der Waals surface area contributed by atoms with Crippen molar-refractivity contribution in [1.82, 2.24) is 9.97 Å². The summed E-state index contributed by atoms with van der Waals surface area (Å²) in [5.74, 6) is 1.92. The van der Waals surface area contributed by atoms with E-state index in [1.165, 1.54) is 13.3 Å². The van der Waals surface area contributed by atoms with Crippen LogP contribution in [0.3, 0.4) is 0 Å². The van der Waals surface area contributed by atoms with Gasteiger partial charge in [0.25, 0.3) is 0 Å². The van der Waals surface area contributed by atoms with Gasteiger partial charge in [0.2, 0.25) is 0 Å². The first-order chi connectivity index (χ1) is 8.69. The summed E-state index contributed by atoms with van der Waals surface area (Å²) in [7, 11) is 1.35. The fourth-order valence-corrected chi connectivity index (χ4v) is 1.94. The van der Waals surface area contributed by atoms with E-state index in [0.29, 0.717) is 17.2 Å². The molecule has 1 rings (SSSR count). The number of carbonyl (C=O) groups is 1. The monoisotopic (exact) mass is 269 g/mol. The summed E-state index contributed by atoms with van der Waals surface area (Å²) in [6.45, 7) is 2.58. The molecule has 0 amide bonds. The molecule has 0 aliphatic carbocycles. The summed E-state index contributed by atoms with van der Waals surface area (Å²) in [5, 5.41) is 3.17. The number of rotatable bonds is 7. The fraction of sp³-hybridized carbons (Fsp3) is 0.583. The van der Waals surface area contributed by atoms with Gasteiger partial charge in [-0.15, -0.1) is 0 Å². The van der Waals surface area contributed by atoms with Crippen LogP contribution in [0.4, 0.5) is 5.82 Å². The molecule has 0 saturated carbocycles. The summed E-state index contributed by atoms with van der Waals surface area (Å²) >= 11 is 1.83. The Hall–Kier alpha value is -1.30. The van der Waals surface area contributed by atoms with E-state index in [1.54, 1.807) is 6.92 Å². The molecule has 0 bridgehead atoms. The lowest BCUT2D eigenvalue weighted by Gasteiger charge is -2.09. The van der Waals surface area contributed by atoms with Crippen molar-refractivity contribution in [1.29, 1.82) is 0 Å². The maximum absolute atomic E-state index is 11.5. The maximum Gasteiger partial charge on any atom is 0.343 e. The molecule has 5 nitrogen and oxygen atoms in total. The number of nitrogens with one attached hydrogen (secondary N) is 1. The number of hydrogen-bond acceptors (Lipinski definition) is 6. The lowest BCUT2D eigenvalue weighted by molar-refractivity contribution is 0.0601. The number of aryl methyl sites for hydroxylation is 1. The molecular formula is C12H19N3O2S. The molecule has 1 N–H and O–H groups in total. The van der Waals surface area contributed by atoms with Crippen LogP contribution in [0.25, 0.3) is 0 Å². The second kappa shape index (κ2) is 7.92. The Morgan fingerprint density at radius 3 is 2.94 bits per heavy atom. The Labute approximate surface area is 112 Å². The highest BCUT2D eigenvalue weighted by molar-refractivity contribution is 7.98. The standard InChI is InChI=1S/C12H19N3O2S/c1-9-14-8-10(12(16)17-2)11(15-9)13-6-4-5-7-18-3/h8H,4-7H2,1-3H3,(H,13,14,15). The minimum Gasteiger partial charge on any atom is -0.465 e. The molecule has 0 atom stereocenters. The second-order valence-corrected chi connectivity index (χ2v) is 4.78. The Bertz CT molecular complexity index is 399. The molecule has 1 heterocycles. The molecule has 0 spiro atoms. The molecule has 0 unspecified atom stereocenters. The lowest BCUT2D eigenvalue weighted by atomic mass is 10.3. The van der Waals surface area contributed by atoms with Crippen molar-refractivity contribution in [2.75, 3.05) is 31.0 Å². The highest BCUT2D eigenvalue weighted by Crippen LogP contribution is 2.13. The van der Waals surface area contributed by atoms with E-state index in [9.17, 15) is 4.79 Å². The number of esters is 1. The first-order valence-electron chi connectivity index (χ1n) is 5.83. The number of nitrogens with zero attached hydrogens (tertiary/aromatic N) is 2. The molecule has 1 aromatic heterocycles. The third-order valence-electron chi connectivity index (χ3n) is 2.38. The number of aromatic nitrogens is 2. The van der Waals surface area contributed by atoms with Gasteiger partial charge >= 0.3 is 5.97 Å². The zero-order chi connectivity index (χ0) is 13.4. The number of methoxy groups -OCH3 is 1. The number of ether oxygens (including phenoxy) is 1. The van der Waals surface area contributed by atoms with Crippen LogP contribution in [0.1, 0.15) is 29.0 Å². The number of anilines is 1. The zero-order valence-electron chi connectivity index (χ0n) is 11.0. The summed E-state index contributed by atoms with van der Waals surface area (Å²) in [6.07, 6.45) is 5.78. The Balaban J connectivity index is 2.62. The van der Waals surface area contributed by atoms with Crippen LogP contribution < -0.4 is 5.32 Å². The first-order valence-corrected chi connectivity index (χ1v) is 7.23. The average Bonchev–Trinajstić information content (AvgIpc) is 2.38. The smallest absolute Gasteiger partial charge is 0.343 e. The molecule has 1 aromatic rings. The van der Waals surface area contributed by atoms with E-state index < -0.39 is 5.97 Å². The van der Waals surface area contributed by atoms with Crippen molar-refractivity contribution in [3.05, 3.63) is 17.6 Å². The lowest BCUT2D eigenvalue weighted by Crippen LogP contribution is -2.12. The van der Waals surface area contributed by atoms with Crippen molar-refractivity contribution >= 4 is 23.5 Å². The van der Waals surface area contributed by atoms with Crippen LogP contribution in [0.5, 0.6) is 0 Å². The van der Waals surface area contributed by atoms with Crippen molar-refractivity contribution in [3.8, 4) is 0 Å². The van der Waals surface area contributed by atoms with Crippen molar-refractivity contribution in [2.24, 2.45) is 0 Å². The molecule has 0 fully saturated rings. The van der Waals surface area contributed by atoms with Crippen molar-refractivity contribution in [2.45, 2.75) is 19.8 Å². The maximum atomic E-state index is 11.5. The normalized spacial score (nSPS) is 10.2. The molecule has 6 heteroatoms. The number of thioether (sulfide) groups is 1. The quantitative estimate of drug-likeness (QED) is 0.604. The van der Waals surface area contributed by atoms with Gasteiger partial charge in [0.1, 0.15) is 17.2 Å². The molecule has 100 valence electrons. The highest BCUT2D eigenvalue weighted by atomic mass is 32.2. The van der Waals surface area contributed by atoms with Gasteiger partial charge in [0.15, 0.2) is 0 Å². The Morgan fingerprint density at radius 2 is 2.28 bits per heavy atom. The molecule has 18 heavy (non-hydrogen) atoms. The predicted octanol–water partition coefficient (Wildman–Crippen LogP) is 2.13. The van der Waals surface area contributed by atoms with E-state index in [4.69, 9.17) is 4.74 Å². The van der Waals surface area contributed by atoms with Crippen LogP contribution in [-0.4, -0.2) is 41.6 Å². The summed E-state index contributed by atoms with van der Waals surface area (Å²) in [5.41, 5.74) is 0.382. The molecule has 0 aliphatic rings. The molecule has 0 saturated heterocycles. The van der Waals surface area contributed by atoms with Crippen LogP contribution in [0.2, 0.25) is 0 Å². The van der Waals surface area contributed by atoms with Gasteiger partial charge in [-0.1, -0.05) is 0 Å². The third-order valence-corrected chi connectivity index (χ3v) is 3.08. The molecule has 0 aromatic carbocycles. The molecule has 0 radical (unpaired) electrons.